The van der Waals surface area contributed by atoms with Gasteiger partial charge in [0.1, 0.15) is 6.10 Å². The van der Waals surface area contributed by atoms with Gasteiger partial charge in [-0.15, -0.1) is 0 Å². The molecule has 0 heterocycles. The van der Waals surface area contributed by atoms with Crippen molar-refractivity contribution in [3.05, 3.63) is 85.1 Å². The summed E-state index contributed by atoms with van der Waals surface area (Å²) < 4.78 is 11.2. The van der Waals surface area contributed by atoms with Crippen molar-refractivity contribution in [2.75, 3.05) is 19.8 Å². The van der Waals surface area contributed by atoms with Crippen LogP contribution in [0.15, 0.2) is 85.1 Å². The van der Waals surface area contributed by atoms with E-state index in [9.17, 15) is 9.90 Å². The maximum absolute atomic E-state index is 12.3. The minimum atomic E-state index is -0.544. The van der Waals surface area contributed by atoms with E-state index in [1.54, 1.807) is 0 Å². The van der Waals surface area contributed by atoms with Gasteiger partial charge in [-0.25, -0.2) is 0 Å². The van der Waals surface area contributed by atoms with Crippen LogP contribution in [0.1, 0.15) is 258 Å². The molecular weight excluding hydrogens is 773 g/mol. The summed E-state index contributed by atoms with van der Waals surface area (Å²) in [5, 5.41) is 9.67. The number of hydrogen-bond acceptors (Lipinski definition) is 4. The van der Waals surface area contributed by atoms with Gasteiger partial charge in [0.2, 0.25) is 0 Å². The summed E-state index contributed by atoms with van der Waals surface area (Å²) in [5.74, 6) is -0.207. The molecule has 0 saturated heterocycles. The van der Waals surface area contributed by atoms with Crippen LogP contribution in [0.2, 0.25) is 0 Å². The lowest BCUT2D eigenvalue weighted by molar-refractivity contribution is -0.154. The van der Waals surface area contributed by atoms with E-state index in [0.29, 0.717) is 19.6 Å². The highest BCUT2D eigenvalue weighted by atomic mass is 16.6. The molecule has 0 aliphatic heterocycles. The Bertz CT molecular complexity index is 1110. The number of allylic oxidation sites excluding steroid dienone is 14. The Morgan fingerprint density at radius 3 is 1.08 bits per heavy atom. The molecule has 0 aliphatic carbocycles. The van der Waals surface area contributed by atoms with Crippen molar-refractivity contribution in [1.29, 1.82) is 0 Å². The van der Waals surface area contributed by atoms with Crippen molar-refractivity contribution in [1.82, 2.24) is 0 Å². The summed E-state index contributed by atoms with van der Waals surface area (Å²) in [6.07, 6.45) is 78.3. The van der Waals surface area contributed by atoms with Gasteiger partial charge in [-0.3, -0.25) is 4.79 Å². The van der Waals surface area contributed by atoms with E-state index >= 15 is 0 Å². The number of carbonyl (C=O) groups is 1. The molecule has 0 aromatic rings. The van der Waals surface area contributed by atoms with Gasteiger partial charge < -0.3 is 14.6 Å². The molecule has 1 atom stereocenters. The molecule has 0 aromatic heterocycles. The molecule has 0 aromatic carbocycles. The maximum Gasteiger partial charge on any atom is 0.306 e. The summed E-state index contributed by atoms with van der Waals surface area (Å²) in [6, 6.07) is 0. The highest BCUT2D eigenvalue weighted by Crippen LogP contribution is 2.15. The van der Waals surface area contributed by atoms with E-state index in [0.717, 1.165) is 57.8 Å². The van der Waals surface area contributed by atoms with E-state index in [-0.39, 0.29) is 12.6 Å². The lowest BCUT2D eigenvalue weighted by Gasteiger charge is -2.16. The third-order valence-electron chi connectivity index (χ3n) is 11.7. The van der Waals surface area contributed by atoms with Gasteiger partial charge >= 0.3 is 5.97 Å². The van der Waals surface area contributed by atoms with Crippen LogP contribution >= 0.6 is 0 Å². The summed E-state index contributed by atoms with van der Waals surface area (Å²) in [5.41, 5.74) is 0. The van der Waals surface area contributed by atoms with Crippen LogP contribution in [0.5, 0.6) is 0 Å². The van der Waals surface area contributed by atoms with Crippen molar-refractivity contribution >= 4 is 5.97 Å². The molecule has 364 valence electrons. The van der Waals surface area contributed by atoms with E-state index in [1.165, 1.54) is 180 Å². The van der Waals surface area contributed by atoms with Crippen molar-refractivity contribution < 1.29 is 19.4 Å². The van der Waals surface area contributed by atoms with E-state index < -0.39 is 6.10 Å². The largest absolute Gasteiger partial charge is 0.457 e. The molecular formula is C59H104O4. The molecule has 0 bridgehead atoms. The van der Waals surface area contributed by atoms with Gasteiger partial charge in [0.05, 0.1) is 13.2 Å². The maximum atomic E-state index is 12.3. The average Bonchev–Trinajstić information content (AvgIpc) is 3.29. The molecule has 1 unspecified atom stereocenters. The molecule has 1 N–H and O–H groups in total. The Morgan fingerprint density at radius 2 is 0.714 bits per heavy atom. The van der Waals surface area contributed by atoms with Crippen molar-refractivity contribution in [3.63, 3.8) is 0 Å². The first-order chi connectivity index (χ1) is 31.2. The Morgan fingerprint density at radius 1 is 0.397 bits per heavy atom. The molecule has 0 aliphatic rings. The van der Waals surface area contributed by atoms with Crippen LogP contribution in [0.4, 0.5) is 0 Å². The summed E-state index contributed by atoms with van der Waals surface area (Å²) in [6.45, 7) is 5.23. The summed E-state index contributed by atoms with van der Waals surface area (Å²) in [4.78, 5) is 12.3. The molecule has 0 radical (unpaired) electrons. The minimum Gasteiger partial charge on any atom is -0.457 e. The van der Waals surface area contributed by atoms with Gasteiger partial charge in [0.25, 0.3) is 0 Å². The summed E-state index contributed by atoms with van der Waals surface area (Å²) in [7, 11) is 0. The number of aliphatic hydroxyl groups is 1. The van der Waals surface area contributed by atoms with Gasteiger partial charge in [0.15, 0.2) is 0 Å². The molecule has 63 heavy (non-hydrogen) atoms. The van der Waals surface area contributed by atoms with Crippen LogP contribution in [0.3, 0.4) is 0 Å². The van der Waals surface area contributed by atoms with Crippen molar-refractivity contribution in [2.24, 2.45) is 0 Å². The second-order valence-electron chi connectivity index (χ2n) is 17.9. The quantitative estimate of drug-likeness (QED) is 0.0376. The molecule has 0 fully saturated rings. The second kappa shape index (κ2) is 55.7. The standard InChI is InChI=1S/C59H104O4/c1-3-5-7-9-11-13-15-17-19-21-23-25-27-29-31-33-35-37-39-41-43-45-47-49-51-53-55-62-57-58(56-60)63-59(61)54-52-50-48-46-44-42-40-38-36-34-32-30-28-26-24-22-20-18-16-14-12-10-8-6-4-2/h6,8,12,14-15,17-18,20-21,23-24,26,30,32,58,60H,3-5,7,9-11,13,16,19,22,25,27-29,31,33-57H2,1-2H3/b8-6-,14-12-,17-15-,20-18-,23-21-,26-24-,32-30-. The van der Waals surface area contributed by atoms with Crippen LogP contribution in [0, 0.1) is 0 Å². The smallest absolute Gasteiger partial charge is 0.306 e. The predicted octanol–water partition coefficient (Wildman–Crippen LogP) is 18.7. The Kier molecular flexibility index (Phi) is 53.6. The molecule has 0 spiro atoms. The predicted molar refractivity (Wildman–Crippen MR) is 279 cm³/mol. The topological polar surface area (TPSA) is 55.8 Å². The zero-order chi connectivity index (χ0) is 45.5. The Labute approximate surface area is 392 Å². The number of ether oxygens (including phenoxy) is 2. The van der Waals surface area contributed by atoms with Crippen molar-refractivity contribution in [2.45, 2.75) is 264 Å². The van der Waals surface area contributed by atoms with E-state index in [2.05, 4.69) is 98.9 Å². The number of rotatable bonds is 50. The second-order valence-corrected chi connectivity index (χ2v) is 17.9. The molecule has 0 amide bonds. The van der Waals surface area contributed by atoms with Gasteiger partial charge in [0, 0.05) is 13.0 Å². The van der Waals surface area contributed by atoms with Gasteiger partial charge in [-0.2, -0.15) is 0 Å². The minimum absolute atomic E-state index is 0.177. The number of aliphatic hydroxyl groups excluding tert-OH is 1. The van der Waals surface area contributed by atoms with Crippen LogP contribution in [-0.2, 0) is 14.3 Å². The molecule has 4 heteroatoms. The fraction of sp³-hybridized carbons (Fsp3) is 0.746. The molecule has 4 nitrogen and oxygen atoms in total. The Hall–Kier alpha value is -2.43. The summed E-state index contributed by atoms with van der Waals surface area (Å²) >= 11 is 0. The van der Waals surface area contributed by atoms with Crippen molar-refractivity contribution in [3.8, 4) is 0 Å². The van der Waals surface area contributed by atoms with Crippen LogP contribution < -0.4 is 0 Å². The lowest BCUT2D eigenvalue weighted by Crippen LogP contribution is -2.27. The first kappa shape index (κ1) is 60.6. The highest BCUT2D eigenvalue weighted by Gasteiger charge is 2.13. The first-order valence-electron chi connectivity index (χ1n) is 27.2. The number of hydrogen-bond donors (Lipinski definition) is 1. The molecule has 0 rings (SSSR count). The normalized spacial score (nSPS) is 13.0. The molecule has 0 saturated carbocycles. The van der Waals surface area contributed by atoms with E-state index in [1.807, 2.05) is 0 Å². The fourth-order valence-electron chi connectivity index (χ4n) is 7.68. The zero-order valence-corrected chi connectivity index (χ0v) is 41.8. The van der Waals surface area contributed by atoms with E-state index in [4.69, 9.17) is 9.47 Å². The van der Waals surface area contributed by atoms with Crippen LogP contribution in [-0.4, -0.2) is 37.0 Å². The third-order valence-corrected chi connectivity index (χ3v) is 11.7. The number of esters is 1. The average molecular weight is 877 g/mol. The van der Waals surface area contributed by atoms with Gasteiger partial charge in [-0.05, 0) is 89.9 Å². The van der Waals surface area contributed by atoms with Crippen LogP contribution in [0.25, 0.3) is 0 Å². The monoisotopic (exact) mass is 877 g/mol. The Balaban J connectivity index is 3.43. The SMILES string of the molecule is CC/C=C\C/C=C\C/C=C\C/C=C\C/C=C\CCCCCCCCCCCC(=O)OC(CO)COCCCCCCCCCCCCCCCC/C=C\C/C=C\CCCCCCC. The third kappa shape index (κ3) is 53.8. The fourth-order valence-corrected chi connectivity index (χ4v) is 7.68. The van der Waals surface area contributed by atoms with Gasteiger partial charge in [-0.1, -0.05) is 247 Å². The highest BCUT2D eigenvalue weighted by molar-refractivity contribution is 5.69. The number of carbonyl (C=O) groups excluding carboxylic acids is 1. The lowest BCUT2D eigenvalue weighted by atomic mass is 10.0. The zero-order valence-electron chi connectivity index (χ0n) is 41.8. The number of unbranched alkanes of at least 4 members (excludes halogenated alkanes) is 28. The first-order valence-corrected chi connectivity index (χ1v) is 27.2.